The molecule has 0 bridgehead atoms. The molecule has 0 heterocycles. The summed E-state index contributed by atoms with van der Waals surface area (Å²) >= 11 is 0. The summed E-state index contributed by atoms with van der Waals surface area (Å²) in [6.45, 7) is 1.95. The van der Waals surface area contributed by atoms with Gasteiger partial charge in [0.25, 0.3) is 0 Å². The van der Waals surface area contributed by atoms with Crippen LogP contribution in [0.5, 0.6) is 0 Å². The van der Waals surface area contributed by atoms with Crippen molar-refractivity contribution in [1.82, 2.24) is 0 Å². The van der Waals surface area contributed by atoms with Crippen LogP contribution in [-0.2, 0) is 10.2 Å². The molecule has 1 nitrogen and oxygen atoms in total. The molecule has 0 unspecified atom stereocenters. The number of hydrogen-bond donors (Lipinski definition) is 0. The minimum atomic E-state index is -0.0873. The van der Waals surface area contributed by atoms with E-state index in [1.807, 2.05) is 25.1 Å². The summed E-state index contributed by atoms with van der Waals surface area (Å²) in [6.07, 6.45) is 2.75. The molecule has 0 aliphatic heterocycles. The zero-order valence-corrected chi connectivity index (χ0v) is 7.92. The fourth-order valence-electron chi connectivity index (χ4n) is 1.95. The standard InChI is InChI=1S/C12H14O/c1-2-11(13)12(8-9-12)10-6-4-3-5-7-10/h3-7H,2,8-9H2,1H3. The van der Waals surface area contributed by atoms with Crippen LogP contribution in [0, 0.1) is 0 Å². The van der Waals surface area contributed by atoms with Gasteiger partial charge >= 0.3 is 0 Å². The smallest absolute Gasteiger partial charge is 0.143 e. The van der Waals surface area contributed by atoms with Gasteiger partial charge in [-0.3, -0.25) is 4.79 Å². The second-order valence-electron chi connectivity index (χ2n) is 3.72. The number of rotatable bonds is 3. The van der Waals surface area contributed by atoms with Crippen molar-refractivity contribution in [2.24, 2.45) is 0 Å². The van der Waals surface area contributed by atoms with Crippen molar-refractivity contribution in [3.63, 3.8) is 0 Å². The molecule has 1 aromatic rings. The summed E-state index contributed by atoms with van der Waals surface area (Å²) in [5, 5.41) is 0. The summed E-state index contributed by atoms with van der Waals surface area (Å²) in [7, 11) is 0. The van der Waals surface area contributed by atoms with Crippen LogP contribution < -0.4 is 0 Å². The second kappa shape index (κ2) is 2.99. The molecule has 1 heteroatoms. The Balaban J connectivity index is 2.31. The molecule has 1 aliphatic rings. The highest BCUT2D eigenvalue weighted by atomic mass is 16.1. The van der Waals surface area contributed by atoms with Gasteiger partial charge in [-0.1, -0.05) is 37.3 Å². The van der Waals surface area contributed by atoms with Crippen LogP contribution >= 0.6 is 0 Å². The SMILES string of the molecule is CCC(=O)C1(c2ccccc2)CC1. The van der Waals surface area contributed by atoms with Gasteiger partial charge in [-0.2, -0.15) is 0 Å². The Hall–Kier alpha value is -1.11. The van der Waals surface area contributed by atoms with Crippen LogP contribution in [0.4, 0.5) is 0 Å². The quantitative estimate of drug-likeness (QED) is 0.688. The molecule has 0 amide bonds. The Kier molecular flexibility index (Phi) is 1.95. The highest BCUT2D eigenvalue weighted by molar-refractivity contribution is 5.92. The number of hydrogen-bond acceptors (Lipinski definition) is 1. The van der Waals surface area contributed by atoms with Crippen LogP contribution in [0.2, 0.25) is 0 Å². The third-order valence-corrected chi connectivity index (χ3v) is 2.93. The second-order valence-corrected chi connectivity index (χ2v) is 3.72. The van der Waals surface area contributed by atoms with Crippen LogP contribution in [0.3, 0.4) is 0 Å². The predicted molar refractivity (Wildman–Crippen MR) is 52.7 cm³/mol. The lowest BCUT2D eigenvalue weighted by molar-refractivity contribution is -0.121. The molecule has 1 aromatic carbocycles. The van der Waals surface area contributed by atoms with E-state index in [1.165, 1.54) is 5.56 Å². The van der Waals surface area contributed by atoms with E-state index in [2.05, 4.69) is 12.1 Å². The van der Waals surface area contributed by atoms with E-state index in [4.69, 9.17) is 0 Å². The molecule has 0 saturated heterocycles. The summed E-state index contributed by atoms with van der Waals surface area (Å²) in [5.41, 5.74) is 1.12. The highest BCUT2D eigenvalue weighted by Gasteiger charge is 2.49. The van der Waals surface area contributed by atoms with Gasteiger partial charge in [0.05, 0.1) is 5.41 Å². The lowest BCUT2D eigenvalue weighted by Crippen LogP contribution is -2.18. The summed E-state index contributed by atoms with van der Waals surface area (Å²) in [5.74, 6) is 0.402. The molecule has 0 radical (unpaired) electrons. The van der Waals surface area contributed by atoms with Crippen molar-refractivity contribution in [3.8, 4) is 0 Å². The third-order valence-electron chi connectivity index (χ3n) is 2.93. The summed E-state index contributed by atoms with van der Waals surface area (Å²) in [6, 6.07) is 10.2. The largest absolute Gasteiger partial charge is 0.299 e. The monoisotopic (exact) mass is 174 g/mol. The predicted octanol–water partition coefficient (Wildman–Crippen LogP) is 2.70. The highest BCUT2D eigenvalue weighted by Crippen LogP contribution is 2.49. The first kappa shape index (κ1) is 8.49. The van der Waals surface area contributed by atoms with E-state index < -0.39 is 0 Å². The molecular weight excluding hydrogens is 160 g/mol. The lowest BCUT2D eigenvalue weighted by atomic mass is 9.90. The van der Waals surface area contributed by atoms with Gasteiger partial charge in [0.2, 0.25) is 0 Å². The molecule has 1 fully saturated rings. The molecule has 2 rings (SSSR count). The Labute approximate surface area is 78.8 Å². The van der Waals surface area contributed by atoms with Gasteiger partial charge in [0.15, 0.2) is 0 Å². The van der Waals surface area contributed by atoms with Crippen LogP contribution in [0.1, 0.15) is 31.7 Å². The molecule has 1 saturated carbocycles. The number of ketones is 1. The van der Waals surface area contributed by atoms with Crippen LogP contribution in [0.25, 0.3) is 0 Å². The van der Waals surface area contributed by atoms with Crippen molar-refractivity contribution in [3.05, 3.63) is 35.9 Å². The van der Waals surface area contributed by atoms with E-state index in [0.29, 0.717) is 12.2 Å². The average molecular weight is 174 g/mol. The molecule has 0 spiro atoms. The molecule has 68 valence electrons. The van der Waals surface area contributed by atoms with Gasteiger partial charge in [0, 0.05) is 6.42 Å². The minimum absolute atomic E-state index is 0.0873. The van der Waals surface area contributed by atoms with E-state index in [9.17, 15) is 4.79 Å². The van der Waals surface area contributed by atoms with Gasteiger partial charge in [-0.15, -0.1) is 0 Å². The van der Waals surface area contributed by atoms with E-state index >= 15 is 0 Å². The first-order chi connectivity index (χ1) is 6.29. The topological polar surface area (TPSA) is 17.1 Å². The van der Waals surface area contributed by atoms with E-state index in [1.54, 1.807) is 0 Å². The van der Waals surface area contributed by atoms with Crippen molar-refractivity contribution in [2.45, 2.75) is 31.6 Å². The average Bonchev–Trinajstić information content (AvgIpc) is 2.99. The molecule has 0 atom stereocenters. The molecule has 0 aromatic heterocycles. The van der Waals surface area contributed by atoms with Crippen molar-refractivity contribution in [2.75, 3.05) is 0 Å². The summed E-state index contributed by atoms with van der Waals surface area (Å²) in [4.78, 5) is 11.7. The van der Waals surface area contributed by atoms with Crippen molar-refractivity contribution >= 4 is 5.78 Å². The maximum atomic E-state index is 11.7. The Morgan fingerprint density at radius 2 is 1.92 bits per heavy atom. The van der Waals surface area contributed by atoms with Crippen molar-refractivity contribution < 1.29 is 4.79 Å². The Morgan fingerprint density at radius 3 is 2.38 bits per heavy atom. The number of Topliss-reactive ketones (excluding diaryl/α,β-unsaturated/α-hetero) is 1. The Morgan fingerprint density at radius 1 is 1.31 bits per heavy atom. The maximum Gasteiger partial charge on any atom is 0.143 e. The molecular formula is C12H14O. The fourth-order valence-corrected chi connectivity index (χ4v) is 1.95. The minimum Gasteiger partial charge on any atom is -0.299 e. The normalized spacial score (nSPS) is 18.2. The maximum absolute atomic E-state index is 11.7. The number of carbonyl (C=O) groups excluding carboxylic acids is 1. The first-order valence-corrected chi connectivity index (χ1v) is 4.88. The third kappa shape index (κ3) is 1.28. The van der Waals surface area contributed by atoms with E-state index in [-0.39, 0.29) is 5.41 Å². The van der Waals surface area contributed by atoms with Gasteiger partial charge in [-0.25, -0.2) is 0 Å². The fraction of sp³-hybridized carbons (Fsp3) is 0.417. The zero-order valence-electron chi connectivity index (χ0n) is 7.92. The van der Waals surface area contributed by atoms with Gasteiger partial charge < -0.3 is 0 Å². The Bertz CT molecular complexity index is 309. The van der Waals surface area contributed by atoms with E-state index in [0.717, 1.165) is 12.8 Å². The van der Waals surface area contributed by atoms with Crippen molar-refractivity contribution in [1.29, 1.82) is 0 Å². The van der Waals surface area contributed by atoms with Crippen LogP contribution in [0.15, 0.2) is 30.3 Å². The lowest BCUT2D eigenvalue weighted by Gasteiger charge is -2.12. The molecule has 13 heavy (non-hydrogen) atoms. The van der Waals surface area contributed by atoms with Gasteiger partial charge in [-0.05, 0) is 18.4 Å². The first-order valence-electron chi connectivity index (χ1n) is 4.88. The summed E-state index contributed by atoms with van der Waals surface area (Å²) < 4.78 is 0. The molecule has 1 aliphatic carbocycles. The number of carbonyl (C=O) groups is 1. The number of benzene rings is 1. The molecule has 0 N–H and O–H groups in total. The zero-order chi connectivity index (χ0) is 9.31. The van der Waals surface area contributed by atoms with Crippen LogP contribution in [-0.4, -0.2) is 5.78 Å². The van der Waals surface area contributed by atoms with Gasteiger partial charge in [0.1, 0.15) is 5.78 Å².